The molecule has 0 spiro atoms. The molecule has 2 aliphatic heterocycles. The van der Waals surface area contributed by atoms with E-state index in [1.807, 2.05) is 47.4 Å². The summed E-state index contributed by atoms with van der Waals surface area (Å²) in [6.07, 6.45) is 4.09. The highest BCUT2D eigenvalue weighted by atomic mass is 16.2. The van der Waals surface area contributed by atoms with Crippen LogP contribution >= 0.6 is 0 Å². The number of hydrogen-bond donors (Lipinski definition) is 0. The lowest BCUT2D eigenvalue weighted by Gasteiger charge is -2.25. The van der Waals surface area contributed by atoms with Gasteiger partial charge in [-0.15, -0.1) is 0 Å². The number of amides is 1. The van der Waals surface area contributed by atoms with Gasteiger partial charge in [-0.2, -0.15) is 0 Å². The van der Waals surface area contributed by atoms with E-state index in [9.17, 15) is 9.59 Å². The normalized spacial score (nSPS) is 20.8. The summed E-state index contributed by atoms with van der Waals surface area (Å²) < 4.78 is 0. The maximum absolute atomic E-state index is 12.6. The summed E-state index contributed by atoms with van der Waals surface area (Å²) in [6, 6.07) is 14.3. The van der Waals surface area contributed by atoms with Crippen molar-refractivity contribution in [2.45, 2.75) is 38.1 Å². The molecule has 2 heterocycles. The predicted octanol–water partition coefficient (Wildman–Crippen LogP) is 3.50. The number of carbonyl (C=O) groups excluding carboxylic acids is 2. The molecule has 2 aromatic rings. The molecule has 4 rings (SSSR count). The summed E-state index contributed by atoms with van der Waals surface area (Å²) in [7, 11) is 0. The number of carbonyl (C=O) groups is 2. The predicted molar refractivity (Wildman–Crippen MR) is 103 cm³/mol. The Kier molecular flexibility index (Phi) is 5.02. The Labute approximate surface area is 154 Å². The molecule has 0 unspecified atom stereocenters. The minimum absolute atomic E-state index is 0.0569. The first-order chi connectivity index (χ1) is 12.7. The molecule has 2 aliphatic rings. The number of rotatable bonds is 4. The quantitative estimate of drug-likeness (QED) is 0.793. The summed E-state index contributed by atoms with van der Waals surface area (Å²) >= 11 is 0. The molecule has 1 atom stereocenters. The molecule has 2 aromatic carbocycles. The Bertz CT molecular complexity index is 817. The minimum Gasteiger partial charge on any atom is -0.341 e. The van der Waals surface area contributed by atoms with E-state index in [4.69, 9.17) is 0 Å². The average Bonchev–Trinajstić information content (AvgIpc) is 3.02. The molecule has 1 amide bonds. The second-order valence-corrected chi connectivity index (χ2v) is 7.51. The maximum Gasteiger partial charge on any atom is 0.223 e. The fraction of sp³-hybridized carbons (Fsp3) is 0.455. The van der Waals surface area contributed by atoms with E-state index in [2.05, 4.69) is 4.90 Å². The van der Waals surface area contributed by atoms with Crippen molar-refractivity contribution in [3.8, 4) is 0 Å². The largest absolute Gasteiger partial charge is 0.341 e. The monoisotopic (exact) mass is 350 g/mol. The number of fused-ring (bicyclic) bond motifs is 2. The average molecular weight is 350 g/mol. The van der Waals surface area contributed by atoms with Crippen molar-refractivity contribution in [2.24, 2.45) is 0 Å². The van der Waals surface area contributed by atoms with Crippen molar-refractivity contribution in [2.75, 3.05) is 26.2 Å². The highest BCUT2D eigenvalue weighted by Gasteiger charge is 2.30. The van der Waals surface area contributed by atoms with Crippen LogP contribution in [0.1, 0.15) is 42.5 Å². The van der Waals surface area contributed by atoms with Crippen LogP contribution in [0.5, 0.6) is 0 Å². The number of hydrogen-bond acceptors (Lipinski definition) is 3. The van der Waals surface area contributed by atoms with Gasteiger partial charge in [-0.1, -0.05) is 36.4 Å². The first-order valence-electron chi connectivity index (χ1n) is 9.74. The zero-order valence-electron chi connectivity index (χ0n) is 15.2. The number of Topliss-reactive ketones (excluding diaryl/α,β-unsaturated/α-hetero) is 1. The molecule has 4 nitrogen and oxygen atoms in total. The molecule has 4 heteroatoms. The number of nitrogens with zero attached hydrogens (tertiary/aromatic N) is 2. The summed E-state index contributed by atoms with van der Waals surface area (Å²) in [6.45, 7) is 3.94. The molecule has 0 aromatic heterocycles. The Morgan fingerprint density at radius 1 is 0.923 bits per heavy atom. The van der Waals surface area contributed by atoms with E-state index >= 15 is 0 Å². The molecule has 0 radical (unpaired) electrons. The Hall–Kier alpha value is -2.20. The topological polar surface area (TPSA) is 40.6 Å². The Morgan fingerprint density at radius 3 is 2.62 bits per heavy atom. The van der Waals surface area contributed by atoms with Crippen molar-refractivity contribution in [1.29, 1.82) is 0 Å². The van der Waals surface area contributed by atoms with Gasteiger partial charge in [0, 0.05) is 44.1 Å². The molecular weight excluding hydrogens is 324 g/mol. The van der Waals surface area contributed by atoms with Gasteiger partial charge >= 0.3 is 0 Å². The lowest BCUT2D eigenvalue weighted by molar-refractivity contribution is -0.131. The van der Waals surface area contributed by atoms with Gasteiger partial charge in [0.15, 0.2) is 5.78 Å². The van der Waals surface area contributed by atoms with E-state index < -0.39 is 0 Å². The van der Waals surface area contributed by atoms with Crippen LogP contribution in [-0.2, 0) is 4.79 Å². The van der Waals surface area contributed by atoms with Crippen LogP contribution in [0.15, 0.2) is 42.5 Å². The van der Waals surface area contributed by atoms with Gasteiger partial charge < -0.3 is 4.90 Å². The highest BCUT2D eigenvalue weighted by molar-refractivity contribution is 6.01. The van der Waals surface area contributed by atoms with Gasteiger partial charge in [-0.25, -0.2) is 0 Å². The zero-order chi connectivity index (χ0) is 17.9. The van der Waals surface area contributed by atoms with Crippen LogP contribution in [0.4, 0.5) is 0 Å². The lowest BCUT2D eigenvalue weighted by Crippen LogP contribution is -2.39. The molecule has 0 bridgehead atoms. The summed E-state index contributed by atoms with van der Waals surface area (Å²) in [4.78, 5) is 29.7. The third-order valence-electron chi connectivity index (χ3n) is 5.79. The van der Waals surface area contributed by atoms with Gasteiger partial charge in [0.05, 0.1) is 0 Å². The second kappa shape index (κ2) is 7.58. The third kappa shape index (κ3) is 3.65. The molecular formula is C22H26N2O2. The van der Waals surface area contributed by atoms with Crippen molar-refractivity contribution in [3.05, 3.63) is 48.0 Å². The van der Waals surface area contributed by atoms with E-state index in [0.717, 1.165) is 36.8 Å². The molecule has 0 saturated carbocycles. The van der Waals surface area contributed by atoms with Crippen molar-refractivity contribution < 1.29 is 9.59 Å². The first kappa shape index (κ1) is 17.2. The summed E-state index contributed by atoms with van der Waals surface area (Å²) in [5.41, 5.74) is 0.703. The van der Waals surface area contributed by atoms with Crippen LogP contribution in [-0.4, -0.2) is 53.7 Å². The molecule has 26 heavy (non-hydrogen) atoms. The summed E-state index contributed by atoms with van der Waals surface area (Å²) in [5.74, 6) is 0.189. The van der Waals surface area contributed by atoms with E-state index in [-0.39, 0.29) is 11.7 Å². The summed E-state index contributed by atoms with van der Waals surface area (Å²) in [5, 5.41) is 2.20. The van der Waals surface area contributed by atoms with Gasteiger partial charge in [0.2, 0.25) is 5.91 Å². The molecule has 2 fully saturated rings. The van der Waals surface area contributed by atoms with Gasteiger partial charge in [0.1, 0.15) is 0 Å². The fourth-order valence-corrected chi connectivity index (χ4v) is 4.32. The fourth-order valence-electron chi connectivity index (χ4n) is 4.32. The van der Waals surface area contributed by atoms with E-state index in [0.29, 0.717) is 24.4 Å². The molecule has 0 N–H and O–H groups in total. The molecule has 0 aliphatic carbocycles. The van der Waals surface area contributed by atoms with Gasteiger partial charge in [0.25, 0.3) is 0 Å². The molecule has 2 saturated heterocycles. The van der Waals surface area contributed by atoms with Crippen LogP contribution in [0, 0.1) is 0 Å². The Balaban J connectivity index is 1.36. The van der Waals surface area contributed by atoms with E-state index in [1.165, 1.54) is 19.4 Å². The minimum atomic E-state index is 0.0569. The highest BCUT2D eigenvalue weighted by Crippen LogP contribution is 2.22. The smallest absolute Gasteiger partial charge is 0.223 e. The standard InChI is InChI=1S/C22H26N2O2/c25-21(19-9-8-17-5-1-2-6-18(17)15-19)10-11-22(26)24-14-4-13-23-12-3-7-20(23)16-24/h1-2,5-6,8-9,15,20H,3-4,7,10-14,16H2/t20-/m0/s1. The Morgan fingerprint density at radius 2 is 1.73 bits per heavy atom. The number of benzene rings is 2. The van der Waals surface area contributed by atoms with Crippen molar-refractivity contribution in [3.63, 3.8) is 0 Å². The van der Waals surface area contributed by atoms with Crippen LogP contribution in [0.2, 0.25) is 0 Å². The van der Waals surface area contributed by atoms with Crippen LogP contribution in [0.25, 0.3) is 10.8 Å². The van der Waals surface area contributed by atoms with Gasteiger partial charge in [-0.05, 0) is 42.6 Å². The maximum atomic E-state index is 12.6. The van der Waals surface area contributed by atoms with Crippen LogP contribution < -0.4 is 0 Å². The van der Waals surface area contributed by atoms with Crippen LogP contribution in [0.3, 0.4) is 0 Å². The first-order valence-corrected chi connectivity index (χ1v) is 9.74. The SMILES string of the molecule is O=C(CCC(=O)N1CCCN2CCC[C@H]2C1)c1ccc2ccccc2c1. The van der Waals surface area contributed by atoms with Crippen molar-refractivity contribution >= 4 is 22.5 Å². The van der Waals surface area contributed by atoms with Crippen molar-refractivity contribution in [1.82, 2.24) is 9.80 Å². The van der Waals surface area contributed by atoms with Gasteiger partial charge in [-0.3, -0.25) is 14.5 Å². The third-order valence-corrected chi connectivity index (χ3v) is 5.79. The second-order valence-electron chi connectivity index (χ2n) is 7.51. The lowest BCUT2D eigenvalue weighted by atomic mass is 10.0. The zero-order valence-corrected chi connectivity index (χ0v) is 15.2. The number of ketones is 1. The van der Waals surface area contributed by atoms with E-state index in [1.54, 1.807) is 0 Å². The molecule has 136 valence electrons.